The highest BCUT2D eigenvalue weighted by molar-refractivity contribution is 5.15. The Morgan fingerprint density at radius 2 is 1.93 bits per heavy atom. The van der Waals surface area contributed by atoms with E-state index in [1.807, 2.05) is 20.0 Å². The summed E-state index contributed by atoms with van der Waals surface area (Å²) < 4.78 is 0. The van der Waals surface area contributed by atoms with Crippen molar-refractivity contribution in [2.75, 3.05) is 20.1 Å². The first-order valence-corrected chi connectivity index (χ1v) is 5.10. The molecule has 14 heavy (non-hydrogen) atoms. The number of rotatable bonds is 6. The minimum atomic E-state index is 0.502. The molecule has 0 saturated carbocycles. The Kier molecular flexibility index (Phi) is 6.93. The SMILES string of the molecule is CNCCN/C(=C/C=C(\C)N)C(C)C. The molecule has 0 aromatic rings. The predicted octanol–water partition coefficient (Wildman–Crippen LogP) is 1.20. The van der Waals surface area contributed by atoms with Crippen LogP contribution in [0, 0.1) is 5.92 Å². The molecule has 0 atom stereocenters. The molecule has 0 saturated heterocycles. The average Bonchev–Trinajstić information content (AvgIpc) is 2.10. The van der Waals surface area contributed by atoms with Crippen molar-refractivity contribution in [3.05, 3.63) is 23.5 Å². The van der Waals surface area contributed by atoms with Crippen LogP contribution >= 0.6 is 0 Å². The van der Waals surface area contributed by atoms with Gasteiger partial charge in [-0.3, -0.25) is 0 Å². The van der Waals surface area contributed by atoms with E-state index in [2.05, 4.69) is 30.6 Å². The van der Waals surface area contributed by atoms with E-state index in [0.29, 0.717) is 5.92 Å². The Morgan fingerprint density at radius 3 is 2.36 bits per heavy atom. The molecule has 0 bridgehead atoms. The second kappa shape index (κ2) is 7.44. The Bertz CT molecular complexity index is 201. The quantitative estimate of drug-likeness (QED) is 0.443. The normalized spacial score (nSPS) is 13.5. The van der Waals surface area contributed by atoms with Crippen LogP contribution in [0.5, 0.6) is 0 Å². The molecular weight excluding hydrogens is 174 g/mol. The Morgan fingerprint density at radius 1 is 1.29 bits per heavy atom. The van der Waals surface area contributed by atoms with Gasteiger partial charge in [0.25, 0.3) is 0 Å². The number of nitrogens with one attached hydrogen (secondary N) is 2. The molecule has 0 unspecified atom stereocenters. The first-order valence-electron chi connectivity index (χ1n) is 5.10. The number of hydrogen-bond acceptors (Lipinski definition) is 3. The smallest absolute Gasteiger partial charge is 0.0269 e. The van der Waals surface area contributed by atoms with Gasteiger partial charge in [0.15, 0.2) is 0 Å². The number of likely N-dealkylation sites (N-methyl/N-ethyl adjacent to an activating group) is 1. The second-order valence-corrected chi connectivity index (χ2v) is 3.72. The maximum Gasteiger partial charge on any atom is 0.0269 e. The standard InChI is InChI=1S/C11H23N3/c1-9(2)11(6-5-10(3)12)14-8-7-13-4/h5-6,9,13-14H,7-8,12H2,1-4H3/b10-5+,11-6+. The molecule has 0 fully saturated rings. The fourth-order valence-corrected chi connectivity index (χ4v) is 1.01. The molecule has 0 aliphatic rings. The van der Waals surface area contributed by atoms with E-state index < -0.39 is 0 Å². The van der Waals surface area contributed by atoms with Crippen molar-refractivity contribution in [3.63, 3.8) is 0 Å². The van der Waals surface area contributed by atoms with Crippen LogP contribution in [0.4, 0.5) is 0 Å². The van der Waals surface area contributed by atoms with Crippen molar-refractivity contribution in [2.24, 2.45) is 11.7 Å². The molecular formula is C11H23N3. The van der Waals surface area contributed by atoms with Crippen LogP contribution in [0.25, 0.3) is 0 Å². The molecule has 0 aromatic heterocycles. The third-order valence-corrected chi connectivity index (χ3v) is 1.85. The maximum absolute atomic E-state index is 5.57. The van der Waals surface area contributed by atoms with Gasteiger partial charge in [0.1, 0.15) is 0 Å². The molecule has 4 N–H and O–H groups in total. The minimum Gasteiger partial charge on any atom is -0.402 e. The van der Waals surface area contributed by atoms with E-state index in [4.69, 9.17) is 5.73 Å². The van der Waals surface area contributed by atoms with Gasteiger partial charge >= 0.3 is 0 Å². The van der Waals surface area contributed by atoms with Crippen LogP contribution in [-0.4, -0.2) is 20.1 Å². The van der Waals surface area contributed by atoms with Crippen molar-refractivity contribution in [2.45, 2.75) is 20.8 Å². The van der Waals surface area contributed by atoms with Gasteiger partial charge in [0, 0.05) is 24.5 Å². The van der Waals surface area contributed by atoms with Crippen LogP contribution in [-0.2, 0) is 0 Å². The zero-order valence-electron chi connectivity index (χ0n) is 9.72. The largest absolute Gasteiger partial charge is 0.402 e. The molecule has 3 nitrogen and oxygen atoms in total. The molecule has 0 rings (SSSR count). The van der Waals surface area contributed by atoms with Crippen LogP contribution < -0.4 is 16.4 Å². The molecule has 0 aromatic carbocycles. The van der Waals surface area contributed by atoms with Gasteiger partial charge < -0.3 is 16.4 Å². The van der Waals surface area contributed by atoms with Crippen molar-refractivity contribution >= 4 is 0 Å². The van der Waals surface area contributed by atoms with E-state index in [-0.39, 0.29) is 0 Å². The minimum absolute atomic E-state index is 0.502. The molecule has 0 aliphatic carbocycles. The van der Waals surface area contributed by atoms with E-state index in [0.717, 1.165) is 18.8 Å². The highest BCUT2D eigenvalue weighted by Crippen LogP contribution is 2.05. The van der Waals surface area contributed by atoms with Gasteiger partial charge in [0.05, 0.1) is 0 Å². The highest BCUT2D eigenvalue weighted by atomic mass is 14.9. The topological polar surface area (TPSA) is 50.1 Å². The van der Waals surface area contributed by atoms with Crippen molar-refractivity contribution in [3.8, 4) is 0 Å². The lowest BCUT2D eigenvalue weighted by atomic mass is 10.1. The van der Waals surface area contributed by atoms with E-state index >= 15 is 0 Å². The summed E-state index contributed by atoms with van der Waals surface area (Å²) in [6.07, 6.45) is 3.98. The third-order valence-electron chi connectivity index (χ3n) is 1.85. The predicted molar refractivity (Wildman–Crippen MR) is 62.8 cm³/mol. The lowest BCUT2D eigenvalue weighted by Gasteiger charge is -2.13. The number of hydrogen-bond donors (Lipinski definition) is 3. The Balaban J connectivity index is 4.15. The first-order chi connectivity index (χ1) is 6.57. The van der Waals surface area contributed by atoms with Crippen LogP contribution in [0.2, 0.25) is 0 Å². The number of nitrogens with two attached hydrogens (primary N) is 1. The maximum atomic E-state index is 5.57. The third kappa shape index (κ3) is 6.54. The van der Waals surface area contributed by atoms with Gasteiger partial charge in [-0.05, 0) is 32.0 Å². The van der Waals surface area contributed by atoms with Gasteiger partial charge in [0.2, 0.25) is 0 Å². The van der Waals surface area contributed by atoms with Crippen molar-refractivity contribution in [1.82, 2.24) is 10.6 Å². The first kappa shape index (κ1) is 13.0. The molecule has 0 radical (unpaired) electrons. The lowest BCUT2D eigenvalue weighted by Crippen LogP contribution is -2.26. The summed E-state index contributed by atoms with van der Waals surface area (Å²) >= 11 is 0. The van der Waals surface area contributed by atoms with Crippen LogP contribution in [0.3, 0.4) is 0 Å². The molecule has 0 amide bonds. The summed E-state index contributed by atoms with van der Waals surface area (Å²) in [6.45, 7) is 8.13. The average molecular weight is 197 g/mol. The Labute approximate surface area is 87.4 Å². The summed E-state index contributed by atoms with van der Waals surface area (Å²) in [6, 6.07) is 0. The second-order valence-electron chi connectivity index (χ2n) is 3.72. The number of allylic oxidation sites excluding steroid dienone is 4. The van der Waals surface area contributed by atoms with Gasteiger partial charge in [-0.2, -0.15) is 0 Å². The zero-order valence-corrected chi connectivity index (χ0v) is 9.72. The summed E-state index contributed by atoms with van der Waals surface area (Å²) in [5.41, 5.74) is 7.63. The molecule has 0 heterocycles. The molecule has 3 heteroatoms. The summed E-state index contributed by atoms with van der Waals surface area (Å²) in [5, 5.41) is 6.47. The van der Waals surface area contributed by atoms with E-state index in [1.54, 1.807) is 0 Å². The van der Waals surface area contributed by atoms with Crippen molar-refractivity contribution in [1.29, 1.82) is 0 Å². The molecule has 82 valence electrons. The monoisotopic (exact) mass is 197 g/mol. The lowest BCUT2D eigenvalue weighted by molar-refractivity contribution is 0.633. The van der Waals surface area contributed by atoms with E-state index in [1.165, 1.54) is 5.70 Å². The summed E-state index contributed by atoms with van der Waals surface area (Å²) in [5.74, 6) is 0.502. The Hall–Kier alpha value is -0.960. The van der Waals surface area contributed by atoms with Gasteiger partial charge in [-0.1, -0.05) is 13.8 Å². The highest BCUT2D eigenvalue weighted by Gasteiger charge is 1.99. The summed E-state index contributed by atoms with van der Waals surface area (Å²) in [4.78, 5) is 0. The van der Waals surface area contributed by atoms with Crippen LogP contribution in [0.1, 0.15) is 20.8 Å². The fourth-order valence-electron chi connectivity index (χ4n) is 1.01. The van der Waals surface area contributed by atoms with E-state index in [9.17, 15) is 0 Å². The molecule has 0 spiro atoms. The molecule has 0 aliphatic heterocycles. The van der Waals surface area contributed by atoms with Crippen LogP contribution in [0.15, 0.2) is 23.5 Å². The summed E-state index contributed by atoms with van der Waals surface area (Å²) in [7, 11) is 1.95. The van der Waals surface area contributed by atoms with Gasteiger partial charge in [-0.25, -0.2) is 0 Å². The zero-order chi connectivity index (χ0) is 11.0. The fraction of sp³-hybridized carbons (Fsp3) is 0.636. The van der Waals surface area contributed by atoms with Crippen molar-refractivity contribution < 1.29 is 0 Å². The van der Waals surface area contributed by atoms with Gasteiger partial charge in [-0.15, -0.1) is 0 Å².